The third-order valence-electron chi connectivity index (χ3n) is 3.87. The van der Waals surface area contributed by atoms with Gasteiger partial charge in [-0.1, -0.05) is 19.9 Å². The fourth-order valence-corrected chi connectivity index (χ4v) is 2.58. The van der Waals surface area contributed by atoms with Crippen molar-refractivity contribution in [3.63, 3.8) is 0 Å². The number of ether oxygens (including phenoxy) is 1. The van der Waals surface area contributed by atoms with Gasteiger partial charge in [-0.25, -0.2) is 9.48 Å². The zero-order valence-electron chi connectivity index (χ0n) is 14.0. The summed E-state index contributed by atoms with van der Waals surface area (Å²) in [6.45, 7) is 6.32. The van der Waals surface area contributed by atoms with Crippen LogP contribution in [0.4, 0.5) is 0 Å². The molecule has 6 nitrogen and oxygen atoms in total. The summed E-state index contributed by atoms with van der Waals surface area (Å²) in [4.78, 5) is 24.6. The first-order chi connectivity index (χ1) is 11.0. The molecule has 0 radical (unpaired) electrons. The molecular weight excluding hydrogens is 296 g/mol. The molecule has 1 aliphatic carbocycles. The lowest BCUT2D eigenvalue weighted by Gasteiger charge is -2.14. The summed E-state index contributed by atoms with van der Waals surface area (Å²) in [5.74, 6) is -0.754. The lowest BCUT2D eigenvalue weighted by atomic mass is 10.1. The second kappa shape index (κ2) is 7.44. The SMILES string of the molecule is CCOC(=O)c1c(O)c(C2=CCCC2)nn(CCC(C)C)c1=O. The molecule has 0 aliphatic heterocycles. The van der Waals surface area contributed by atoms with Crippen molar-refractivity contribution in [2.24, 2.45) is 5.92 Å². The van der Waals surface area contributed by atoms with Crippen LogP contribution in [0.25, 0.3) is 5.57 Å². The molecule has 6 heteroatoms. The summed E-state index contributed by atoms with van der Waals surface area (Å²) in [6, 6.07) is 0. The number of hydrogen-bond donors (Lipinski definition) is 1. The van der Waals surface area contributed by atoms with Crippen LogP contribution in [0, 0.1) is 5.92 Å². The summed E-state index contributed by atoms with van der Waals surface area (Å²) in [6.07, 6.45) is 5.44. The Hall–Kier alpha value is -2.11. The maximum Gasteiger partial charge on any atom is 0.347 e. The summed E-state index contributed by atoms with van der Waals surface area (Å²) in [5.41, 5.74) is 0.303. The Morgan fingerprint density at radius 1 is 1.48 bits per heavy atom. The maximum atomic E-state index is 12.5. The summed E-state index contributed by atoms with van der Waals surface area (Å²) >= 11 is 0. The van der Waals surface area contributed by atoms with Crippen LogP contribution in [0.15, 0.2) is 10.9 Å². The standard InChI is InChI=1S/C17H24N2O4/c1-4-23-17(22)13-15(20)14(12-7-5-6-8-12)18-19(16(13)21)10-9-11(2)3/h7,11,20H,4-6,8-10H2,1-3H3. The van der Waals surface area contributed by atoms with Crippen molar-refractivity contribution in [2.45, 2.75) is 53.0 Å². The van der Waals surface area contributed by atoms with E-state index in [9.17, 15) is 14.7 Å². The molecule has 0 unspecified atom stereocenters. The van der Waals surface area contributed by atoms with Crippen LogP contribution in [0.1, 0.15) is 62.5 Å². The van der Waals surface area contributed by atoms with Gasteiger partial charge >= 0.3 is 5.97 Å². The number of rotatable bonds is 6. The molecule has 0 bridgehead atoms. The molecule has 126 valence electrons. The number of esters is 1. The van der Waals surface area contributed by atoms with Crippen molar-refractivity contribution in [2.75, 3.05) is 6.61 Å². The number of aryl methyl sites for hydroxylation is 1. The minimum Gasteiger partial charge on any atom is -0.505 e. The van der Waals surface area contributed by atoms with Gasteiger partial charge in [0, 0.05) is 6.54 Å². The molecule has 0 spiro atoms. The molecule has 0 atom stereocenters. The molecule has 2 rings (SSSR count). The largest absolute Gasteiger partial charge is 0.505 e. The van der Waals surface area contributed by atoms with Gasteiger partial charge in [-0.15, -0.1) is 0 Å². The van der Waals surface area contributed by atoms with Gasteiger partial charge in [0.1, 0.15) is 5.69 Å². The average Bonchev–Trinajstić information content (AvgIpc) is 3.00. The number of carbonyl (C=O) groups excluding carboxylic acids is 1. The average molecular weight is 320 g/mol. The zero-order chi connectivity index (χ0) is 17.0. The van der Waals surface area contributed by atoms with Gasteiger partial charge in [0.15, 0.2) is 11.3 Å². The van der Waals surface area contributed by atoms with E-state index in [1.807, 2.05) is 6.08 Å². The summed E-state index contributed by atoms with van der Waals surface area (Å²) in [7, 11) is 0. The molecule has 1 heterocycles. The number of aromatic nitrogens is 2. The molecular formula is C17H24N2O4. The highest BCUT2D eigenvalue weighted by Crippen LogP contribution is 2.32. The molecule has 1 aromatic rings. The number of allylic oxidation sites excluding steroid dienone is 2. The fourth-order valence-electron chi connectivity index (χ4n) is 2.58. The molecule has 1 aliphatic rings. The van der Waals surface area contributed by atoms with Gasteiger partial charge in [0.25, 0.3) is 5.56 Å². The van der Waals surface area contributed by atoms with Gasteiger partial charge in [0.05, 0.1) is 6.61 Å². The molecule has 1 aromatic heterocycles. The zero-order valence-corrected chi connectivity index (χ0v) is 14.0. The second-order valence-corrected chi connectivity index (χ2v) is 6.13. The van der Waals surface area contributed by atoms with Crippen LogP contribution >= 0.6 is 0 Å². The van der Waals surface area contributed by atoms with Crippen molar-refractivity contribution < 1.29 is 14.6 Å². The Morgan fingerprint density at radius 3 is 2.78 bits per heavy atom. The Kier molecular flexibility index (Phi) is 5.58. The highest BCUT2D eigenvalue weighted by molar-refractivity contribution is 5.93. The first-order valence-electron chi connectivity index (χ1n) is 8.16. The van der Waals surface area contributed by atoms with Crippen LogP contribution < -0.4 is 5.56 Å². The predicted molar refractivity (Wildman–Crippen MR) is 87.4 cm³/mol. The number of carbonyl (C=O) groups is 1. The monoisotopic (exact) mass is 320 g/mol. The third-order valence-corrected chi connectivity index (χ3v) is 3.87. The molecule has 23 heavy (non-hydrogen) atoms. The van der Waals surface area contributed by atoms with E-state index in [-0.39, 0.29) is 17.9 Å². The molecule has 1 N–H and O–H groups in total. The van der Waals surface area contributed by atoms with Crippen LogP contribution in [0.2, 0.25) is 0 Å². The highest BCUT2D eigenvalue weighted by atomic mass is 16.5. The Balaban J connectivity index is 2.54. The van der Waals surface area contributed by atoms with E-state index in [0.717, 1.165) is 31.3 Å². The van der Waals surface area contributed by atoms with Crippen molar-refractivity contribution >= 4 is 11.5 Å². The van der Waals surface area contributed by atoms with Crippen molar-refractivity contribution in [3.8, 4) is 5.75 Å². The number of aromatic hydroxyl groups is 1. The Morgan fingerprint density at radius 2 is 2.22 bits per heavy atom. The number of hydrogen-bond acceptors (Lipinski definition) is 5. The first-order valence-corrected chi connectivity index (χ1v) is 8.16. The summed E-state index contributed by atoms with van der Waals surface area (Å²) < 4.78 is 6.21. The van der Waals surface area contributed by atoms with E-state index >= 15 is 0 Å². The number of nitrogens with zero attached hydrogens (tertiary/aromatic N) is 2. The molecule has 0 saturated carbocycles. The highest BCUT2D eigenvalue weighted by Gasteiger charge is 2.26. The molecule has 0 amide bonds. The van der Waals surface area contributed by atoms with Gasteiger partial charge < -0.3 is 9.84 Å². The predicted octanol–water partition coefficient (Wildman–Crippen LogP) is 2.74. The first kappa shape index (κ1) is 17.2. The quantitative estimate of drug-likeness (QED) is 0.815. The Bertz CT molecular complexity index is 674. The smallest absolute Gasteiger partial charge is 0.347 e. The van der Waals surface area contributed by atoms with E-state index in [2.05, 4.69) is 18.9 Å². The van der Waals surface area contributed by atoms with E-state index in [1.54, 1.807) is 6.92 Å². The normalized spacial score (nSPS) is 14.2. The van der Waals surface area contributed by atoms with Gasteiger partial charge in [-0.2, -0.15) is 5.10 Å². The van der Waals surface area contributed by atoms with Crippen LogP contribution in [-0.2, 0) is 11.3 Å². The van der Waals surface area contributed by atoms with E-state index in [1.165, 1.54) is 4.68 Å². The lowest BCUT2D eigenvalue weighted by molar-refractivity contribution is 0.0519. The van der Waals surface area contributed by atoms with Crippen LogP contribution in [0.3, 0.4) is 0 Å². The second-order valence-electron chi connectivity index (χ2n) is 6.13. The van der Waals surface area contributed by atoms with Gasteiger partial charge in [-0.3, -0.25) is 4.79 Å². The minimum absolute atomic E-state index is 0.143. The maximum absolute atomic E-state index is 12.5. The summed E-state index contributed by atoms with van der Waals surface area (Å²) in [5, 5.41) is 14.7. The van der Waals surface area contributed by atoms with Gasteiger partial charge in [-0.05, 0) is 44.1 Å². The van der Waals surface area contributed by atoms with Crippen molar-refractivity contribution in [3.05, 3.63) is 27.7 Å². The lowest BCUT2D eigenvalue weighted by Crippen LogP contribution is -2.31. The molecule has 0 fully saturated rings. The van der Waals surface area contributed by atoms with Gasteiger partial charge in [0.2, 0.25) is 0 Å². The van der Waals surface area contributed by atoms with E-state index in [0.29, 0.717) is 18.2 Å². The minimum atomic E-state index is -0.796. The van der Waals surface area contributed by atoms with Crippen LogP contribution in [-0.4, -0.2) is 27.5 Å². The van der Waals surface area contributed by atoms with E-state index in [4.69, 9.17) is 4.74 Å². The fraction of sp³-hybridized carbons (Fsp3) is 0.588. The van der Waals surface area contributed by atoms with Crippen molar-refractivity contribution in [1.82, 2.24) is 9.78 Å². The van der Waals surface area contributed by atoms with E-state index < -0.39 is 11.5 Å². The molecule has 0 aromatic carbocycles. The van der Waals surface area contributed by atoms with Crippen LogP contribution in [0.5, 0.6) is 5.75 Å². The topological polar surface area (TPSA) is 81.4 Å². The van der Waals surface area contributed by atoms with Crippen molar-refractivity contribution in [1.29, 1.82) is 0 Å². The molecule has 0 saturated heterocycles. The Labute approximate surface area is 135 Å². The third kappa shape index (κ3) is 3.81.